The van der Waals surface area contributed by atoms with Crippen molar-refractivity contribution >= 4 is 38.7 Å². The van der Waals surface area contributed by atoms with E-state index >= 15 is 0 Å². The fraction of sp³-hybridized carbons (Fsp3) is 0.379. The van der Waals surface area contributed by atoms with Gasteiger partial charge in [-0.1, -0.05) is 40.7 Å². The highest BCUT2D eigenvalue weighted by molar-refractivity contribution is 7.92. The minimum Gasteiger partial charge on any atom is -0.492 e. The number of aromatic nitrogens is 2. The molecule has 1 amide bonds. The molecule has 0 aliphatic carbocycles. The number of sulfonamides is 1. The van der Waals surface area contributed by atoms with E-state index in [9.17, 15) is 13.2 Å². The van der Waals surface area contributed by atoms with E-state index in [0.29, 0.717) is 22.6 Å². The first-order valence-corrected chi connectivity index (χ1v) is 15.0. The predicted octanol–water partition coefficient (Wildman–Crippen LogP) is 4.42. The summed E-state index contributed by atoms with van der Waals surface area (Å²) in [6, 6.07) is 8.61. The largest absolute Gasteiger partial charge is 0.492 e. The van der Waals surface area contributed by atoms with Gasteiger partial charge in [0.05, 0.1) is 48.0 Å². The van der Waals surface area contributed by atoms with Crippen LogP contribution in [-0.2, 0) is 22.5 Å². The quantitative estimate of drug-likeness (QED) is 0.213. The standard InChI is InChI=1S/C29H41N7O4S/c1-17(2)27-32-15-25(35(27)7)21(30)16-36(31)24-12-19(11-10-18(24)3)28(37)33-22-13-20(29(4,5)6)14-23(26(22)40-8)34-41(9,38)39/h10-17,34H,30-31H2,1-9H3,(H,33,37)/b21-16-. The minimum absolute atomic E-state index is 0.192. The van der Waals surface area contributed by atoms with E-state index in [0.717, 1.165) is 28.9 Å². The zero-order valence-corrected chi connectivity index (χ0v) is 26.0. The number of aryl methyl sites for hydroxylation is 1. The van der Waals surface area contributed by atoms with Gasteiger partial charge in [-0.3, -0.25) is 14.5 Å². The van der Waals surface area contributed by atoms with E-state index in [1.807, 2.05) is 39.3 Å². The monoisotopic (exact) mass is 583 g/mol. The van der Waals surface area contributed by atoms with Crippen LogP contribution in [0, 0.1) is 6.92 Å². The molecule has 222 valence electrons. The summed E-state index contributed by atoms with van der Waals surface area (Å²) in [5.41, 5.74) is 10.2. The molecular weight excluding hydrogens is 542 g/mol. The first-order valence-electron chi connectivity index (χ1n) is 13.1. The lowest BCUT2D eigenvalue weighted by molar-refractivity contribution is 0.102. The first kappa shape index (κ1) is 31.5. The third-order valence-electron chi connectivity index (χ3n) is 6.57. The van der Waals surface area contributed by atoms with Gasteiger partial charge in [-0.15, -0.1) is 0 Å². The summed E-state index contributed by atoms with van der Waals surface area (Å²) in [6.45, 7) is 11.9. The number of nitrogens with one attached hydrogen (secondary N) is 2. The molecule has 0 spiro atoms. The van der Waals surface area contributed by atoms with Crippen molar-refractivity contribution in [2.45, 2.75) is 52.9 Å². The summed E-state index contributed by atoms with van der Waals surface area (Å²) in [7, 11) is -0.299. The van der Waals surface area contributed by atoms with Crippen LogP contribution in [0.1, 0.15) is 73.5 Å². The summed E-state index contributed by atoms with van der Waals surface area (Å²) in [6.07, 6.45) is 4.35. The minimum atomic E-state index is -3.61. The average molecular weight is 584 g/mol. The van der Waals surface area contributed by atoms with Crippen LogP contribution in [0.3, 0.4) is 0 Å². The number of hydrogen-bond acceptors (Lipinski definition) is 8. The van der Waals surface area contributed by atoms with Crippen molar-refractivity contribution in [3.05, 3.63) is 70.9 Å². The van der Waals surface area contributed by atoms with Crippen LogP contribution >= 0.6 is 0 Å². The molecule has 1 heterocycles. The number of benzene rings is 2. The lowest BCUT2D eigenvalue weighted by Gasteiger charge is -2.24. The van der Waals surface area contributed by atoms with Crippen LogP contribution in [0.2, 0.25) is 0 Å². The molecule has 0 aliphatic heterocycles. The van der Waals surface area contributed by atoms with Crippen LogP contribution in [0.15, 0.2) is 42.7 Å². The van der Waals surface area contributed by atoms with Gasteiger partial charge in [0.1, 0.15) is 5.82 Å². The second-order valence-electron chi connectivity index (χ2n) is 11.4. The number of anilines is 3. The summed E-state index contributed by atoms with van der Waals surface area (Å²) in [4.78, 5) is 17.9. The second-order valence-corrected chi connectivity index (χ2v) is 13.1. The zero-order chi connectivity index (χ0) is 30.9. The highest BCUT2D eigenvalue weighted by Crippen LogP contribution is 2.39. The van der Waals surface area contributed by atoms with Gasteiger partial charge in [-0.25, -0.2) is 19.2 Å². The lowest BCUT2D eigenvalue weighted by atomic mass is 9.86. The fourth-order valence-electron chi connectivity index (χ4n) is 4.39. The molecule has 41 heavy (non-hydrogen) atoms. The Bertz CT molecular complexity index is 1590. The summed E-state index contributed by atoms with van der Waals surface area (Å²) in [5, 5.41) is 4.25. The molecule has 0 aliphatic rings. The maximum Gasteiger partial charge on any atom is 0.255 e. The third-order valence-corrected chi connectivity index (χ3v) is 7.16. The maximum atomic E-state index is 13.5. The van der Waals surface area contributed by atoms with Crippen molar-refractivity contribution in [3.8, 4) is 5.75 Å². The molecule has 11 nitrogen and oxygen atoms in total. The Morgan fingerprint density at radius 3 is 2.34 bits per heavy atom. The SMILES string of the molecule is COc1c(NC(=O)c2ccc(C)c(N(N)/C=C(\N)c3cnc(C(C)C)n3C)c2)cc(C(C)(C)C)cc1NS(C)(=O)=O. The maximum absolute atomic E-state index is 13.5. The average Bonchev–Trinajstić information content (AvgIpc) is 3.24. The molecule has 0 atom stereocenters. The van der Waals surface area contributed by atoms with Gasteiger partial charge in [0.15, 0.2) is 5.75 Å². The number of methoxy groups -OCH3 is 1. The normalized spacial score (nSPS) is 12.4. The van der Waals surface area contributed by atoms with Gasteiger partial charge in [0.2, 0.25) is 10.0 Å². The smallest absolute Gasteiger partial charge is 0.255 e. The Kier molecular flexibility index (Phi) is 9.09. The number of nitrogens with zero attached hydrogens (tertiary/aromatic N) is 3. The number of carbonyl (C=O) groups excluding carboxylic acids is 1. The summed E-state index contributed by atoms with van der Waals surface area (Å²) >= 11 is 0. The molecule has 0 saturated carbocycles. The van der Waals surface area contributed by atoms with Crippen LogP contribution in [0.5, 0.6) is 5.75 Å². The van der Waals surface area contributed by atoms with Gasteiger partial charge in [-0.05, 0) is 47.7 Å². The Morgan fingerprint density at radius 1 is 1.17 bits per heavy atom. The second kappa shape index (κ2) is 11.8. The van der Waals surface area contributed by atoms with Gasteiger partial charge in [-0.2, -0.15) is 0 Å². The van der Waals surface area contributed by atoms with E-state index in [4.69, 9.17) is 16.3 Å². The molecule has 12 heteroatoms. The summed E-state index contributed by atoms with van der Waals surface area (Å²) < 4.78 is 34.0. The van der Waals surface area contributed by atoms with E-state index in [2.05, 4.69) is 28.9 Å². The number of imidazole rings is 1. The van der Waals surface area contributed by atoms with Gasteiger partial charge in [0.25, 0.3) is 5.91 Å². The number of nitrogens with two attached hydrogens (primary N) is 2. The lowest BCUT2D eigenvalue weighted by Crippen LogP contribution is -2.27. The van der Waals surface area contributed by atoms with Crippen molar-refractivity contribution in [1.29, 1.82) is 0 Å². The molecule has 2 aromatic carbocycles. The third kappa shape index (κ3) is 7.39. The van der Waals surface area contributed by atoms with E-state index < -0.39 is 15.9 Å². The van der Waals surface area contributed by atoms with E-state index in [-0.39, 0.29) is 22.8 Å². The molecule has 1 aromatic heterocycles. The molecule has 0 radical (unpaired) electrons. The van der Waals surface area contributed by atoms with Crippen molar-refractivity contribution in [3.63, 3.8) is 0 Å². The highest BCUT2D eigenvalue weighted by Gasteiger charge is 2.23. The molecule has 6 N–H and O–H groups in total. The molecule has 0 bridgehead atoms. The molecule has 0 saturated heterocycles. The number of rotatable bonds is 9. The van der Waals surface area contributed by atoms with Crippen LogP contribution in [0.25, 0.3) is 5.70 Å². The Hall–Kier alpha value is -4.03. The molecule has 0 fully saturated rings. The number of carbonyl (C=O) groups is 1. The van der Waals surface area contributed by atoms with Gasteiger partial charge in [0, 0.05) is 24.7 Å². The Balaban J connectivity index is 1.98. The fourth-order valence-corrected chi connectivity index (χ4v) is 4.94. The van der Waals surface area contributed by atoms with E-state index in [1.54, 1.807) is 42.7 Å². The Morgan fingerprint density at radius 2 is 1.80 bits per heavy atom. The number of hydrazine groups is 1. The van der Waals surface area contributed by atoms with Crippen LogP contribution in [-0.4, -0.2) is 37.2 Å². The molecule has 0 unspecified atom stereocenters. The van der Waals surface area contributed by atoms with Gasteiger partial charge < -0.3 is 20.4 Å². The Labute approximate surface area is 242 Å². The van der Waals surface area contributed by atoms with Crippen LogP contribution < -0.4 is 31.4 Å². The topological polar surface area (TPSA) is 158 Å². The predicted molar refractivity (Wildman–Crippen MR) is 165 cm³/mol. The van der Waals surface area contributed by atoms with Crippen molar-refractivity contribution in [1.82, 2.24) is 9.55 Å². The number of amides is 1. The van der Waals surface area contributed by atoms with Crippen LogP contribution in [0.4, 0.5) is 17.1 Å². The highest BCUT2D eigenvalue weighted by atomic mass is 32.2. The molecule has 3 rings (SSSR count). The van der Waals surface area contributed by atoms with Crippen molar-refractivity contribution < 1.29 is 17.9 Å². The van der Waals surface area contributed by atoms with Crippen molar-refractivity contribution in [2.75, 3.05) is 28.4 Å². The molecule has 3 aromatic rings. The number of hydrogen-bond donors (Lipinski definition) is 4. The zero-order valence-electron chi connectivity index (χ0n) is 25.2. The number of ether oxygens (including phenoxy) is 1. The first-order chi connectivity index (χ1) is 18.9. The summed E-state index contributed by atoms with van der Waals surface area (Å²) in [5.74, 6) is 7.28. The van der Waals surface area contributed by atoms with Crippen molar-refractivity contribution in [2.24, 2.45) is 18.6 Å². The molecular formula is C29H41N7O4S. The van der Waals surface area contributed by atoms with Gasteiger partial charge >= 0.3 is 0 Å². The van der Waals surface area contributed by atoms with E-state index in [1.165, 1.54) is 12.1 Å².